The van der Waals surface area contributed by atoms with E-state index < -0.39 is 11.2 Å². The summed E-state index contributed by atoms with van der Waals surface area (Å²) in [6.45, 7) is 5.27. The molecule has 1 saturated heterocycles. The van der Waals surface area contributed by atoms with Gasteiger partial charge in [0.1, 0.15) is 11.4 Å². The number of rotatable bonds is 5. The minimum absolute atomic E-state index is 0.0104. The van der Waals surface area contributed by atoms with E-state index in [2.05, 4.69) is 0 Å². The summed E-state index contributed by atoms with van der Waals surface area (Å²) in [6, 6.07) is 9.35. The van der Waals surface area contributed by atoms with Crippen molar-refractivity contribution in [2.24, 2.45) is 7.05 Å². The lowest BCUT2D eigenvalue weighted by atomic mass is 10.1. The fourth-order valence-electron chi connectivity index (χ4n) is 3.42. The molecule has 3 rings (SSSR count). The van der Waals surface area contributed by atoms with Crippen LogP contribution in [0.4, 0.5) is 5.82 Å². The highest BCUT2D eigenvalue weighted by Crippen LogP contribution is 2.14. The number of ketones is 1. The van der Waals surface area contributed by atoms with E-state index in [0.29, 0.717) is 13.2 Å². The number of benzene rings is 1. The highest BCUT2D eigenvalue weighted by atomic mass is 16.5. The van der Waals surface area contributed by atoms with E-state index in [1.807, 2.05) is 49.1 Å². The van der Waals surface area contributed by atoms with Crippen molar-refractivity contribution in [1.29, 1.82) is 0 Å². The minimum atomic E-state index is -0.661. The molecule has 0 saturated carbocycles. The summed E-state index contributed by atoms with van der Waals surface area (Å²) in [5, 5.41) is 0. The van der Waals surface area contributed by atoms with Crippen LogP contribution in [0.15, 0.2) is 39.9 Å². The maximum atomic E-state index is 13.0. The second-order valence-corrected chi connectivity index (χ2v) is 7.32. The largest absolute Gasteiger partial charge is 0.384 e. The molecule has 2 atom stereocenters. The second-order valence-electron chi connectivity index (χ2n) is 7.32. The third-order valence-electron chi connectivity index (χ3n) is 5.13. The van der Waals surface area contributed by atoms with Gasteiger partial charge in [0.15, 0.2) is 5.78 Å². The van der Waals surface area contributed by atoms with Gasteiger partial charge in [-0.15, -0.1) is 0 Å². The van der Waals surface area contributed by atoms with E-state index >= 15 is 0 Å². The van der Waals surface area contributed by atoms with E-state index in [4.69, 9.17) is 10.5 Å². The van der Waals surface area contributed by atoms with Gasteiger partial charge in [0.05, 0.1) is 25.8 Å². The van der Waals surface area contributed by atoms with Crippen LogP contribution in [0.5, 0.6) is 0 Å². The molecule has 1 aliphatic rings. The number of morpholine rings is 1. The molecule has 2 N–H and O–H groups in total. The summed E-state index contributed by atoms with van der Waals surface area (Å²) in [7, 11) is 1.36. The highest BCUT2D eigenvalue weighted by molar-refractivity contribution is 6.01. The van der Waals surface area contributed by atoms with E-state index in [0.717, 1.165) is 10.1 Å². The van der Waals surface area contributed by atoms with Gasteiger partial charge in [0, 0.05) is 19.6 Å². The molecule has 0 amide bonds. The second kappa shape index (κ2) is 8.12. The van der Waals surface area contributed by atoms with Crippen molar-refractivity contribution in [2.45, 2.75) is 32.5 Å². The average molecular weight is 386 g/mol. The minimum Gasteiger partial charge on any atom is -0.384 e. The van der Waals surface area contributed by atoms with E-state index in [-0.39, 0.29) is 42.4 Å². The first-order valence-corrected chi connectivity index (χ1v) is 9.31. The van der Waals surface area contributed by atoms with Crippen molar-refractivity contribution in [2.75, 3.05) is 25.4 Å². The van der Waals surface area contributed by atoms with Crippen molar-refractivity contribution in [3.05, 3.63) is 62.3 Å². The SMILES string of the molecule is CC1CN(CC(=O)c2c(N)n(Cc3ccccc3)c(=O)n(C)c2=O)C(C)CO1. The van der Waals surface area contributed by atoms with Crippen molar-refractivity contribution in [3.63, 3.8) is 0 Å². The van der Waals surface area contributed by atoms with Gasteiger partial charge < -0.3 is 10.5 Å². The summed E-state index contributed by atoms with van der Waals surface area (Å²) in [5.41, 5.74) is 5.66. The molecule has 8 heteroatoms. The third-order valence-corrected chi connectivity index (χ3v) is 5.13. The van der Waals surface area contributed by atoms with Gasteiger partial charge in [-0.3, -0.25) is 23.6 Å². The van der Waals surface area contributed by atoms with Gasteiger partial charge in [0.2, 0.25) is 0 Å². The lowest BCUT2D eigenvalue weighted by Gasteiger charge is -2.36. The van der Waals surface area contributed by atoms with Crippen LogP contribution in [0.25, 0.3) is 0 Å². The Balaban J connectivity index is 1.97. The van der Waals surface area contributed by atoms with Gasteiger partial charge in [0.25, 0.3) is 5.56 Å². The molecule has 2 aromatic rings. The Morgan fingerprint density at radius 1 is 1.21 bits per heavy atom. The number of carbonyl (C=O) groups excluding carboxylic acids is 1. The summed E-state index contributed by atoms with van der Waals surface area (Å²) in [6.07, 6.45) is 0.0104. The molecule has 28 heavy (non-hydrogen) atoms. The highest BCUT2D eigenvalue weighted by Gasteiger charge is 2.28. The number of nitrogen functional groups attached to an aromatic ring is 1. The molecule has 1 aromatic carbocycles. The summed E-state index contributed by atoms with van der Waals surface area (Å²) in [4.78, 5) is 40.2. The topological polar surface area (TPSA) is 99.6 Å². The van der Waals surface area contributed by atoms with Crippen LogP contribution in [0.2, 0.25) is 0 Å². The zero-order valence-corrected chi connectivity index (χ0v) is 16.4. The zero-order valence-electron chi connectivity index (χ0n) is 16.4. The number of aromatic nitrogens is 2. The normalized spacial score (nSPS) is 20.2. The molecule has 8 nitrogen and oxygen atoms in total. The fraction of sp³-hybridized carbons (Fsp3) is 0.450. The molecular formula is C20H26N4O4. The van der Waals surface area contributed by atoms with E-state index in [1.165, 1.54) is 11.6 Å². The molecule has 1 aliphatic heterocycles. The number of Topliss-reactive ketones (excluding diaryl/α,β-unsaturated/α-hetero) is 1. The summed E-state index contributed by atoms with van der Waals surface area (Å²) in [5.74, 6) is -0.475. The number of carbonyl (C=O) groups is 1. The Hall–Kier alpha value is -2.71. The molecule has 150 valence electrons. The number of anilines is 1. The van der Waals surface area contributed by atoms with Gasteiger partial charge in [-0.2, -0.15) is 0 Å². The van der Waals surface area contributed by atoms with Crippen LogP contribution in [0.3, 0.4) is 0 Å². The molecular weight excluding hydrogens is 360 g/mol. The predicted molar refractivity (Wildman–Crippen MR) is 107 cm³/mol. The van der Waals surface area contributed by atoms with Gasteiger partial charge in [-0.1, -0.05) is 30.3 Å². The quantitative estimate of drug-likeness (QED) is 0.750. The van der Waals surface area contributed by atoms with E-state index in [1.54, 1.807) is 0 Å². The molecule has 1 fully saturated rings. The molecule has 0 bridgehead atoms. The summed E-state index contributed by atoms with van der Waals surface area (Å²) >= 11 is 0. The lowest BCUT2D eigenvalue weighted by Crippen LogP contribution is -2.50. The van der Waals surface area contributed by atoms with Crippen LogP contribution in [-0.4, -0.2) is 51.7 Å². The summed E-state index contributed by atoms with van der Waals surface area (Å²) < 4.78 is 7.80. The van der Waals surface area contributed by atoms with Crippen LogP contribution in [0.1, 0.15) is 29.8 Å². The predicted octanol–water partition coefficient (Wildman–Crippen LogP) is 0.469. The fourth-order valence-corrected chi connectivity index (χ4v) is 3.42. The smallest absolute Gasteiger partial charge is 0.332 e. The van der Waals surface area contributed by atoms with Crippen LogP contribution >= 0.6 is 0 Å². The third kappa shape index (κ3) is 3.93. The van der Waals surface area contributed by atoms with Crippen molar-refractivity contribution in [3.8, 4) is 0 Å². The van der Waals surface area contributed by atoms with Gasteiger partial charge in [-0.05, 0) is 19.4 Å². The molecule has 0 aliphatic carbocycles. The zero-order chi connectivity index (χ0) is 20.4. The molecule has 0 radical (unpaired) electrons. The van der Waals surface area contributed by atoms with E-state index in [9.17, 15) is 14.4 Å². The number of ether oxygens (including phenoxy) is 1. The maximum Gasteiger partial charge on any atom is 0.332 e. The Labute approximate surface area is 163 Å². The maximum absolute atomic E-state index is 13.0. The van der Waals surface area contributed by atoms with Gasteiger partial charge >= 0.3 is 5.69 Å². The molecule has 2 heterocycles. The molecule has 1 aromatic heterocycles. The average Bonchev–Trinajstić information content (AvgIpc) is 2.67. The Morgan fingerprint density at radius 3 is 2.57 bits per heavy atom. The van der Waals surface area contributed by atoms with Crippen molar-refractivity contribution in [1.82, 2.24) is 14.0 Å². The Kier molecular flexibility index (Phi) is 5.81. The lowest BCUT2D eigenvalue weighted by molar-refractivity contribution is -0.0460. The first kappa shape index (κ1) is 20.0. The van der Waals surface area contributed by atoms with Crippen molar-refractivity contribution >= 4 is 11.6 Å². The number of hydrogen-bond acceptors (Lipinski definition) is 6. The first-order valence-electron chi connectivity index (χ1n) is 9.31. The van der Waals surface area contributed by atoms with Crippen LogP contribution in [0, 0.1) is 0 Å². The van der Waals surface area contributed by atoms with Crippen LogP contribution < -0.4 is 17.0 Å². The van der Waals surface area contributed by atoms with Gasteiger partial charge in [-0.25, -0.2) is 4.79 Å². The number of hydrogen-bond donors (Lipinski definition) is 1. The Morgan fingerprint density at radius 2 is 1.89 bits per heavy atom. The number of nitrogens with two attached hydrogens (primary N) is 1. The molecule has 2 unspecified atom stereocenters. The number of nitrogens with zero attached hydrogens (tertiary/aromatic N) is 3. The van der Waals surface area contributed by atoms with Crippen LogP contribution in [-0.2, 0) is 18.3 Å². The first-order chi connectivity index (χ1) is 13.3. The van der Waals surface area contributed by atoms with Crippen molar-refractivity contribution < 1.29 is 9.53 Å². The molecule has 0 spiro atoms. The monoisotopic (exact) mass is 386 g/mol. The standard InChI is InChI=1S/C20H26N4O4/c1-13-12-28-14(2)9-23(13)11-16(25)17-18(21)24(20(27)22(3)19(17)26)10-15-7-5-4-6-8-15/h4-8,13-14H,9-12,21H2,1-3H3. The Bertz CT molecular complexity index is 980.